The molecule has 1 amide bonds. The molecule has 0 N–H and O–H groups in total. The van der Waals surface area contributed by atoms with Crippen LogP contribution in [0.5, 0.6) is 0 Å². The average Bonchev–Trinajstić information content (AvgIpc) is 3.01. The van der Waals surface area contributed by atoms with E-state index in [9.17, 15) is 9.59 Å². The molecule has 0 spiro atoms. The lowest BCUT2D eigenvalue weighted by molar-refractivity contribution is -0.130. The second kappa shape index (κ2) is 9.13. The van der Waals surface area contributed by atoms with E-state index in [1.165, 1.54) is 23.1 Å². The summed E-state index contributed by atoms with van der Waals surface area (Å²) in [5.74, 6) is 0.0433. The summed E-state index contributed by atoms with van der Waals surface area (Å²) in [6, 6.07) is 9.75. The van der Waals surface area contributed by atoms with Crippen molar-refractivity contribution < 1.29 is 4.79 Å². The van der Waals surface area contributed by atoms with Crippen molar-refractivity contribution in [2.24, 2.45) is 0 Å². The van der Waals surface area contributed by atoms with E-state index in [-0.39, 0.29) is 11.5 Å². The number of fused-ring (bicyclic) bond motifs is 1. The highest BCUT2D eigenvalue weighted by Gasteiger charge is 2.28. The fraction of sp³-hybridized carbons (Fsp3) is 0.409. The average molecular weight is 430 g/mol. The number of thiophene rings is 1. The third-order valence-electron chi connectivity index (χ3n) is 5.20. The van der Waals surface area contributed by atoms with Crippen LogP contribution >= 0.6 is 23.1 Å². The smallest absolute Gasteiger partial charge is 0.263 e. The number of amides is 1. The molecule has 0 aliphatic carbocycles. The summed E-state index contributed by atoms with van der Waals surface area (Å²) in [7, 11) is 0. The Morgan fingerprint density at radius 2 is 1.83 bits per heavy atom. The van der Waals surface area contributed by atoms with Crippen LogP contribution in [0.2, 0.25) is 0 Å². The molecule has 154 valence electrons. The highest BCUT2D eigenvalue weighted by Crippen LogP contribution is 2.37. The van der Waals surface area contributed by atoms with Gasteiger partial charge in [-0.1, -0.05) is 42.1 Å². The number of thioether (sulfide) groups is 1. The molecule has 0 fully saturated rings. The first-order valence-corrected chi connectivity index (χ1v) is 11.6. The molecule has 1 aromatic carbocycles. The van der Waals surface area contributed by atoms with E-state index in [2.05, 4.69) is 0 Å². The van der Waals surface area contributed by atoms with Crippen LogP contribution in [-0.4, -0.2) is 33.4 Å². The summed E-state index contributed by atoms with van der Waals surface area (Å²) >= 11 is 2.91. The van der Waals surface area contributed by atoms with Gasteiger partial charge in [0.05, 0.1) is 5.39 Å². The molecule has 0 saturated heterocycles. The zero-order valence-electron chi connectivity index (χ0n) is 17.6. The zero-order chi connectivity index (χ0) is 21.1. The molecular formula is C22H27N3O2S2. The van der Waals surface area contributed by atoms with E-state index in [4.69, 9.17) is 4.98 Å². The Bertz CT molecular complexity index is 1070. The lowest BCUT2D eigenvalue weighted by atomic mass is 10.1. The van der Waals surface area contributed by atoms with Gasteiger partial charge in [0.15, 0.2) is 5.16 Å². The van der Waals surface area contributed by atoms with E-state index in [1.54, 1.807) is 4.57 Å². The lowest BCUT2D eigenvalue weighted by Gasteiger charge is -2.25. The third-order valence-corrected chi connectivity index (χ3v) is 7.53. The number of hydrogen-bond donors (Lipinski definition) is 0. The van der Waals surface area contributed by atoms with Crippen LogP contribution in [0.3, 0.4) is 0 Å². The van der Waals surface area contributed by atoms with Gasteiger partial charge in [-0.25, -0.2) is 4.98 Å². The minimum atomic E-state index is -0.444. The van der Waals surface area contributed by atoms with Gasteiger partial charge in [0.1, 0.15) is 10.1 Å². The number of nitrogens with zero attached hydrogens (tertiary/aromatic N) is 3. The maximum absolute atomic E-state index is 13.3. The molecule has 0 bridgehead atoms. The van der Waals surface area contributed by atoms with Gasteiger partial charge in [0.2, 0.25) is 5.91 Å². The van der Waals surface area contributed by atoms with Crippen molar-refractivity contribution in [1.82, 2.24) is 14.5 Å². The number of hydrogen-bond acceptors (Lipinski definition) is 5. The van der Waals surface area contributed by atoms with Crippen molar-refractivity contribution in [2.45, 2.75) is 51.6 Å². The summed E-state index contributed by atoms with van der Waals surface area (Å²) in [5.41, 5.74) is 1.90. The molecule has 2 heterocycles. The highest BCUT2D eigenvalue weighted by molar-refractivity contribution is 8.00. The van der Waals surface area contributed by atoms with Crippen molar-refractivity contribution in [2.75, 3.05) is 13.1 Å². The normalized spacial score (nSPS) is 12.3. The lowest BCUT2D eigenvalue weighted by Crippen LogP contribution is -2.34. The molecule has 3 rings (SSSR count). The van der Waals surface area contributed by atoms with Gasteiger partial charge in [-0.3, -0.25) is 14.2 Å². The van der Waals surface area contributed by atoms with Crippen molar-refractivity contribution in [3.05, 3.63) is 56.7 Å². The van der Waals surface area contributed by atoms with E-state index in [0.717, 1.165) is 20.8 Å². The maximum Gasteiger partial charge on any atom is 0.263 e. The van der Waals surface area contributed by atoms with Crippen molar-refractivity contribution in [3.63, 3.8) is 0 Å². The van der Waals surface area contributed by atoms with Gasteiger partial charge >= 0.3 is 0 Å². The fourth-order valence-corrected chi connectivity index (χ4v) is 5.69. The summed E-state index contributed by atoms with van der Waals surface area (Å²) in [6.07, 6.45) is 0. The van der Waals surface area contributed by atoms with Gasteiger partial charge in [0.25, 0.3) is 5.56 Å². The number of carbonyl (C=O) groups is 1. The van der Waals surface area contributed by atoms with E-state index in [1.807, 2.05) is 69.9 Å². The number of likely N-dealkylation sites (N-methyl/N-ethyl adjacent to an activating group) is 1. The van der Waals surface area contributed by atoms with Crippen molar-refractivity contribution in [3.8, 4) is 0 Å². The number of carbonyl (C=O) groups excluding carboxylic acids is 1. The molecule has 0 aliphatic rings. The summed E-state index contributed by atoms with van der Waals surface area (Å²) in [4.78, 5) is 35.0. The first-order chi connectivity index (χ1) is 13.9. The highest BCUT2D eigenvalue weighted by atomic mass is 32.2. The van der Waals surface area contributed by atoms with Crippen molar-refractivity contribution >= 4 is 39.2 Å². The second-order valence-electron chi connectivity index (χ2n) is 6.83. The number of benzene rings is 1. The fourth-order valence-electron chi connectivity index (χ4n) is 3.37. The van der Waals surface area contributed by atoms with Crippen LogP contribution in [0.15, 0.2) is 40.3 Å². The molecule has 1 atom stereocenters. The molecule has 1 unspecified atom stereocenters. The van der Waals surface area contributed by atoms with Gasteiger partial charge in [0, 0.05) is 24.5 Å². The number of aromatic nitrogens is 2. The van der Waals surface area contributed by atoms with Gasteiger partial charge in [-0.05, 0) is 45.7 Å². The van der Waals surface area contributed by atoms with E-state index >= 15 is 0 Å². The molecule has 2 aromatic heterocycles. The van der Waals surface area contributed by atoms with Crippen LogP contribution < -0.4 is 5.56 Å². The van der Waals surface area contributed by atoms with Gasteiger partial charge in [-0.2, -0.15) is 0 Å². The monoisotopic (exact) mass is 429 g/mol. The Morgan fingerprint density at radius 1 is 1.17 bits per heavy atom. The Morgan fingerprint density at radius 3 is 2.41 bits per heavy atom. The largest absolute Gasteiger partial charge is 0.342 e. The topological polar surface area (TPSA) is 55.2 Å². The molecule has 0 aliphatic heterocycles. The van der Waals surface area contributed by atoms with Crippen LogP contribution in [0.25, 0.3) is 10.2 Å². The molecule has 0 radical (unpaired) electrons. The molecular weight excluding hydrogens is 402 g/mol. The van der Waals surface area contributed by atoms with Crippen LogP contribution in [0.1, 0.15) is 42.0 Å². The van der Waals surface area contributed by atoms with Crippen LogP contribution in [0, 0.1) is 13.8 Å². The minimum absolute atomic E-state index is 0.0241. The maximum atomic E-state index is 13.3. The van der Waals surface area contributed by atoms with E-state index < -0.39 is 5.25 Å². The van der Waals surface area contributed by atoms with Crippen LogP contribution in [-0.2, 0) is 11.3 Å². The predicted octanol–water partition coefficient (Wildman–Crippen LogP) is 4.80. The van der Waals surface area contributed by atoms with Gasteiger partial charge < -0.3 is 4.90 Å². The van der Waals surface area contributed by atoms with Crippen molar-refractivity contribution in [1.29, 1.82) is 0 Å². The van der Waals surface area contributed by atoms with Gasteiger partial charge in [-0.15, -0.1) is 11.3 Å². The summed E-state index contributed by atoms with van der Waals surface area (Å²) in [5, 5.41) is 0.853. The summed E-state index contributed by atoms with van der Waals surface area (Å²) < 4.78 is 1.69. The first-order valence-electron chi connectivity index (χ1n) is 9.93. The molecule has 5 nitrogen and oxygen atoms in total. The number of rotatable bonds is 7. The zero-order valence-corrected chi connectivity index (χ0v) is 19.2. The Kier molecular flexibility index (Phi) is 6.80. The quantitative estimate of drug-likeness (QED) is 0.400. The Labute approximate surface area is 179 Å². The first kappa shape index (κ1) is 21.6. The standard InChI is InChI=1S/C22H27N3O2S2/c1-6-24(7-2)21(27)18(16-12-10-9-11-13-16)29-22-23-19-17(14(4)15(5)28-19)20(26)25(22)8-3/h9-13,18H,6-8H2,1-5H3. The molecule has 3 aromatic rings. The third kappa shape index (κ3) is 4.12. The Hall–Kier alpha value is -2.12. The molecule has 29 heavy (non-hydrogen) atoms. The SMILES string of the molecule is CCN(CC)C(=O)C(Sc1nc2sc(C)c(C)c2c(=O)n1CC)c1ccccc1. The summed E-state index contributed by atoms with van der Waals surface area (Å²) in [6.45, 7) is 11.7. The molecule has 0 saturated carbocycles. The predicted molar refractivity (Wildman–Crippen MR) is 122 cm³/mol. The second-order valence-corrected chi connectivity index (χ2v) is 9.10. The number of aryl methyl sites for hydroxylation is 2. The van der Waals surface area contributed by atoms with E-state index in [0.29, 0.717) is 30.2 Å². The minimum Gasteiger partial charge on any atom is -0.342 e. The molecule has 7 heteroatoms. The Balaban J connectivity index is 2.13. The van der Waals surface area contributed by atoms with Crippen LogP contribution in [0.4, 0.5) is 0 Å².